The predicted molar refractivity (Wildman–Crippen MR) is 111 cm³/mol. The fourth-order valence-corrected chi connectivity index (χ4v) is 3.21. The normalized spacial score (nSPS) is 10.6. The maximum atomic E-state index is 6.01. The monoisotopic (exact) mass is 425 g/mol. The summed E-state index contributed by atoms with van der Waals surface area (Å²) in [7, 11) is 0. The molecule has 0 fully saturated rings. The largest absolute Gasteiger partial charge is 0.489 e. The van der Waals surface area contributed by atoms with Crippen molar-refractivity contribution in [3.8, 4) is 5.75 Å². The minimum Gasteiger partial charge on any atom is -0.489 e. The molecule has 2 nitrogen and oxygen atoms in total. The molecule has 1 N–H and O–H groups in total. The second kappa shape index (κ2) is 8.88. The molecule has 134 valence electrons. The minimum absolute atomic E-state index is 0.426. The van der Waals surface area contributed by atoms with Crippen LogP contribution in [-0.2, 0) is 13.2 Å². The lowest BCUT2D eigenvalue weighted by Gasteiger charge is -2.10. The molecule has 0 aliphatic rings. The van der Waals surface area contributed by atoms with E-state index in [4.69, 9.17) is 51.1 Å². The van der Waals surface area contributed by atoms with E-state index in [2.05, 4.69) is 5.32 Å². The molecule has 0 aliphatic heterocycles. The average molecular weight is 427 g/mol. The van der Waals surface area contributed by atoms with Crippen LogP contribution in [0.5, 0.6) is 5.75 Å². The zero-order chi connectivity index (χ0) is 18.5. The zero-order valence-corrected chi connectivity index (χ0v) is 16.6. The molecule has 0 aliphatic carbocycles. The molecule has 0 saturated carbocycles. The van der Waals surface area contributed by atoms with Crippen LogP contribution in [0.4, 0.5) is 5.69 Å². The number of hydrogen-bond donors (Lipinski definition) is 1. The highest BCUT2D eigenvalue weighted by Gasteiger charge is 2.02. The van der Waals surface area contributed by atoms with Gasteiger partial charge in [0.1, 0.15) is 12.4 Å². The maximum Gasteiger partial charge on any atom is 0.119 e. The lowest BCUT2D eigenvalue weighted by molar-refractivity contribution is 0.306. The molecule has 3 rings (SSSR count). The third kappa shape index (κ3) is 5.46. The van der Waals surface area contributed by atoms with E-state index in [1.807, 2.05) is 42.5 Å². The summed E-state index contributed by atoms with van der Waals surface area (Å²) in [6.07, 6.45) is 0. The van der Waals surface area contributed by atoms with Crippen LogP contribution in [0.25, 0.3) is 0 Å². The fourth-order valence-electron chi connectivity index (χ4n) is 2.36. The van der Waals surface area contributed by atoms with Gasteiger partial charge < -0.3 is 10.1 Å². The van der Waals surface area contributed by atoms with Gasteiger partial charge in [-0.2, -0.15) is 0 Å². The standard InChI is InChI=1S/C20H15Cl4NO/c21-15-8-16(22)10-17(9-15)25-11-13-1-4-18(5-2-13)26-12-14-3-6-19(23)20(24)7-14/h1-10,25H,11-12H2. The number of nitrogens with one attached hydrogen (secondary N) is 1. The van der Waals surface area contributed by atoms with Gasteiger partial charge in [-0.05, 0) is 53.6 Å². The predicted octanol–water partition coefficient (Wildman–Crippen LogP) is 7.49. The summed E-state index contributed by atoms with van der Waals surface area (Å²) in [5, 5.41) is 5.56. The highest BCUT2D eigenvalue weighted by atomic mass is 35.5. The fraction of sp³-hybridized carbons (Fsp3) is 0.100. The Morgan fingerprint density at radius 2 is 1.35 bits per heavy atom. The second-order valence-corrected chi connectivity index (χ2v) is 7.38. The summed E-state index contributed by atoms with van der Waals surface area (Å²) in [4.78, 5) is 0. The van der Waals surface area contributed by atoms with E-state index in [1.54, 1.807) is 18.2 Å². The van der Waals surface area contributed by atoms with Gasteiger partial charge in [-0.25, -0.2) is 0 Å². The van der Waals surface area contributed by atoms with Crippen LogP contribution >= 0.6 is 46.4 Å². The van der Waals surface area contributed by atoms with Crippen LogP contribution in [0.15, 0.2) is 60.7 Å². The van der Waals surface area contributed by atoms with Gasteiger partial charge in [0.2, 0.25) is 0 Å². The molecule has 0 spiro atoms. The quantitative estimate of drug-likeness (QED) is 0.440. The summed E-state index contributed by atoms with van der Waals surface area (Å²) in [6.45, 7) is 1.08. The van der Waals surface area contributed by atoms with Gasteiger partial charge in [-0.1, -0.05) is 64.6 Å². The first kappa shape index (κ1) is 19.2. The van der Waals surface area contributed by atoms with Crippen molar-refractivity contribution in [1.29, 1.82) is 0 Å². The van der Waals surface area contributed by atoms with Gasteiger partial charge in [0.15, 0.2) is 0 Å². The molecule has 0 unspecified atom stereocenters. The van der Waals surface area contributed by atoms with E-state index in [1.165, 1.54) is 0 Å². The Bertz CT molecular complexity index is 877. The number of benzene rings is 3. The lowest BCUT2D eigenvalue weighted by Crippen LogP contribution is -2.00. The Morgan fingerprint density at radius 3 is 2.00 bits per heavy atom. The Labute approximate surface area is 172 Å². The van der Waals surface area contributed by atoms with E-state index >= 15 is 0 Å². The Morgan fingerprint density at radius 1 is 0.692 bits per heavy atom. The second-order valence-electron chi connectivity index (χ2n) is 5.69. The van der Waals surface area contributed by atoms with E-state index < -0.39 is 0 Å². The lowest BCUT2D eigenvalue weighted by atomic mass is 10.2. The number of ether oxygens (including phenoxy) is 1. The summed E-state index contributed by atoms with van der Waals surface area (Å²) in [5.41, 5.74) is 2.95. The summed E-state index contributed by atoms with van der Waals surface area (Å²) < 4.78 is 5.78. The molecule has 3 aromatic rings. The Balaban J connectivity index is 1.55. The molecular formula is C20H15Cl4NO. The van der Waals surface area contributed by atoms with Crippen molar-refractivity contribution in [1.82, 2.24) is 0 Å². The first-order chi connectivity index (χ1) is 12.5. The minimum atomic E-state index is 0.426. The first-order valence-electron chi connectivity index (χ1n) is 7.85. The van der Waals surface area contributed by atoms with Crippen LogP contribution in [-0.4, -0.2) is 0 Å². The molecule has 26 heavy (non-hydrogen) atoms. The van der Waals surface area contributed by atoms with Crippen LogP contribution in [0.3, 0.4) is 0 Å². The molecule has 0 heterocycles. The first-order valence-corrected chi connectivity index (χ1v) is 9.36. The van der Waals surface area contributed by atoms with Crippen molar-refractivity contribution < 1.29 is 4.74 Å². The molecule has 0 aromatic heterocycles. The van der Waals surface area contributed by atoms with Crippen LogP contribution in [0, 0.1) is 0 Å². The zero-order valence-electron chi connectivity index (χ0n) is 13.6. The SMILES string of the molecule is Clc1cc(Cl)cc(NCc2ccc(OCc3ccc(Cl)c(Cl)c3)cc2)c1. The van der Waals surface area contributed by atoms with E-state index in [0.29, 0.717) is 33.2 Å². The van der Waals surface area contributed by atoms with Crippen molar-refractivity contribution in [2.45, 2.75) is 13.2 Å². The summed E-state index contributed by atoms with van der Waals surface area (Å²) >= 11 is 23.9. The smallest absolute Gasteiger partial charge is 0.119 e. The van der Waals surface area contributed by atoms with Gasteiger partial charge in [-0.15, -0.1) is 0 Å². The summed E-state index contributed by atoms with van der Waals surface area (Å²) in [5.74, 6) is 0.783. The van der Waals surface area contributed by atoms with Crippen molar-refractivity contribution >= 4 is 52.1 Å². The Kier molecular flexibility index (Phi) is 6.55. The molecule has 6 heteroatoms. The van der Waals surface area contributed by atoms with Gasteiger partial charge in [0.05, 0.1) is 10.0 Å². The third-order valence-electron chi connectivity index (χ3n) is 3.67. The molecule has 0 amide bonds. The Hall–Kier alpha value is -1.58. The maximum absolute atomic E-state index is 6.01. The third-order valence-corrected chi connectivity index (χ3v) is 4.85. The topological polar surface area (TPSA) is 21.3 Å². The molecule has 0 radical (unpaired) electrons. The number of hydrogen-bond acceptors (Lipinski definition) is 2. The average Bonchev–Trinajstić information content (AvgIpc) is 2.61. The number of halogens is 4. The van der Waals surface area contributed by atoms with Gasteiger partial charge >= 0.3 is 0 Å². The van der Waals surface area contributed by atoms with Crippen LogP contribution in [0.1, 0.15) is 11.1 Å². The van der Waals surface area contributed by atoms with Gasteiger partial charge in [0, 0.05) is 22.3 Å². The van der Waals surface area contributed by atoms with Crippen LogP contribution < -0.4 is 10.1 Å². The highest BCUT2D eigenvalue weighted by Crippen LogP contribution is 2.24. The van der Waals surface area contributed by atoms with Gasteiger partial charge in [0.25, 0.3) is 0 Å². The molecule has 0 saturated heterocycles. The van der Waals surface area contributed by atoms with Crippen molar-refractivity contribution in [2.24, 2.45) is 0 Å². The van der Waals surface area contributed by atoms with E-state index in [0.717, 1.165) is 22.6 Å². The van der Waals surface area contributed by atoms with E-state index in [-0.39, 0.29) is 0 Å². The van der Waals surface area contributed by atoms with Crippen molar-refractivity contribution in [3.05, 3.63) is 91.9 Å². The van der Waals surface area contributed by atoms with E-state index in [9.17, 15) is 0 Å². The highest BCUT2D eigenvalue weighted by molar-refractivity contribution is 6.42. The molecular weight excluding hydrogens is 412 g/mol. The molecule has 0 atom stereocenters. The summed E-state index contributed by atoms with van der Waals surface area (Å²) in [6, 6.07) is 18.7. The molecule has 3 aromatic carbocycles. The van der Waals surface area contributed by atoms with Crippen molar-refractivity contribution in [3.63, 3.8) is 0 Å². The van der Waals surface area contributed by atoms with Crippen LogP contribution in [0.2, 0.25) is 20.1 Å². The number of rotatable bonds is 6. The van der Waals surface area contributed by atoms with Gasteiger partial charge in [-0.3, -0.25) is 0 Å². The molecule has 0 bridgehead atoms. The number of anilines is 1. The van der Waals surface area contributed by atoms with Crippen molar-refractivity contribution in [2.75, 3.05) is 5.32 Å².